The van der Waals surface area contributed by atoms with Crippen LogP contribution in [0.1, 0.15) is 35.2 Å². The molecule has 1 N–H and O–H groups in total. The lowest BCUT2D eigenvalue weighted by atomic mass is 10.2. The van der Waals surface area contributed by atoms with Crippen LogP contribution in [0.3, 0.4) is 0 Å². The average Bonchev–Trinajstić information content (AvgIpc) is 2.76. The summed E-state index contributed by atoms with van der Waals surface area (Å²) in [5.41, 5.74) is 1.33. The van der Waals surface area contributed by atoms with Gasteiger partial charge in [-0.3, -0.25) is 14.9 Å². The lowest BCUT2D eigenvalue weighted by Gasteiger charge is -2.25. The van der Waals surface area contributed by atoms with E-state index in [2.05, 4.69) is 10.5 Å². The first-order chi connectivity index (χ1) is 14.7. The molecule has 0 saturated carbocycles. The third kappa shape index (κ3) is 5.19. The zero-order chi connectivity index (χ0) is 22.6. The highest BCUT2D eigenvalue weighted by Crippen LogP contribution is 2.30. The number of hydrogen-bond acceptors (Lipinski definition) is 7. The van der Waals surface area contributed by atoms with E-state index in [1.54, 1.807) is 0 Å². The second-order valence-corrected chi connectivity index (χ2v) is 9.17. The van der Waals surface area contributed by atoms with Gasteiger partial charge in [0.15, 0.2) is 0 Å². The number of carbonyl (C=O) groups excluding carboxylic acids is 1. The van der Waals surface area contributed by atoms with Crippen LogP contribution in [0.4, 0.5) is 5.69 Å². The van der Waals surface area contributed by atoms with Crippen LogP contribution in [0, 0.1) is 10.1 Å². The second-order valence-electron chi connectivity index (χ2n) is 6.79. The molecule has 3 rings (SSSR count). The van der Waals surface area contributed by atoms with Crippen molar-refractivity contribution in [2.24, 2.45) is 5.10 Å². The number of nitro groups is 1. The Bertz CT molecular complexity index is 1150. The maximum Gasteiger partial charge on any atom is 0.271 e. The van der Waals surface area contributed by atoms with E-state index in [1.165, 1.54) is 34.6 Å². The first kappa shape index (κ1) is 22.7. The van der Waals surface area contributed by atoms with Gasteiger partial charge in [-0.15, -0.1) is 0 Å². The fourth-order valence-corrected chi connectivity index (χ4v) is 4.89. The molecule has 31 heavy (non-hydrogen) atoms. The molecule has 10 nitrogen and oxygen atoms in total. The molecule has 164 valence electrons. The molecule has 12 heteroatoms. The molecule has 0 spiro atoms. The van der Waals surface area contributed by atoms with Gasteiger partial charge in [-0.05, 0) is 48.4 Å². The molecule has 2 aromatic carbocycles. The molecule has 0 unspecified atom stereocenters. The predicted molar refractivity (Wildman–Crippen MR) is 112 cm³/mol. The molecule has 1 saturated heterocycles. The Kier molecular flexibility index (Phi) is 6.88. The Hall–Kier alpha value is -3.02. The number of nitrogens with one attached hydrogen (secondary N) is 1. The number of rotatable bonds is 6. The van der Waals surface area contributed by atoms with Gasteiger partial charge in [0.05, 0.1) is 16.0 Å². The molecule has 0 bridgehead atoms. The average molecular weight is 466 g/mol. The van der Waals surface area contributed by atoms with Crippen LogP contribution in [0.5, 0.6) is 5.75 Å². The number of piperidine rings is 1. The van der Waals surface area contributed by atoms with Crippen molar-refractivity contribution >= 4 is 39.4 Å². The number of sulfonamides is 1. The predicted octanol–water partition coefficient (Wildman–Crippen LogP) is 2.26. The van der Waals surface area contributed by atoms with E-state index < -0.39 is 32.3 Å². The van der Waals surface area contributed by atoms with Crippen molar-refractivity contribution in [1.29, 1.82) is 0 Å². The third-order valence-electron chi connectivity index (χ3n) is 4.68. The maximum absolute atomic E-state index is 12.8. The van der Waals surface area contributed by atoms with Crippen molar-refractivity contribution in [2.75, 3.05) is 13.1 Å². The fraction of sp³-hybridized carbons (Fsp3) is 0.263. The van der Waals surface area contributed by atoms with Gasteiger partial charge in [0.2, 0.25) is 10.0 Å². The summed E-state index contributed by atoms with van der Waals surface area (Å²) in [5.74, 6) is -1.61. The van der Waals surface area contributed by atoms with Gasteiger partial charge in [-0.25, -0.2) is 13.8 Å². The number of nitrogens with zero attached hydrogens (tertiary/aromatic N) is 3. The standard InChI is InChI=1S/C19H19ClN4O6S/c20-15-9-14(18(25)17(11-15)24(27)28)12-21-22-19(26)13-5-4-6-16(10-13)31(29,30)23-7-2-1-3-8-23/h4-6,9-12,25H,1-3,7-8H2,(H,22,26)/p-1/b21-12-. The Morgan fingerprint density at radius 3 is 2.58 bits per heavy atom. The van der Waals surface area contributed by atoms with E-state index in [1.807, 2.05) is 0 Å². The number of nitro benzene ring substituents is 1. The van der Waals surface area contributed by atoms with Crippen LogP contribution in [0.15, 0.2) is 46.4 Å². The summed E-state index contributed by atoms with van der Waals surface area (Å²) in [5, 5.41) is 26.5. The first-order valence-corrected chi connectivity index (χ1v) is 11.1. The summed E-state index contributed by atoms with van der Waals surface area (Å²) in [4.78, 5) is 22.4. The van der Waals surface area contributed by atoms with Crippen molar-refractivity contribution in [3.05, 3.63) is 62.7 Å². The van der Waals surface area contributed by atoms with Gasteiger partial charge in [-0.2, -0.15) is 9.41 Å². The highest BCUT2D eigenvalue weighted by Gasteiger charge is 2.26. The Balaban J connectivity index is 1.76. The lowest BCUT2D eigenvalue weighted by Crippen LogP contribution is -2.35. The topological polar surface area (TPSA) is 145 Å². The summed E-state index contributed by atoms with van der Waals surface area (Å²) in [6.07, 6.45) is 3.50. The Morgan fingerprint density at radius 1 is 1.19 bits per heavy atom. The number of amides is 1. The van der Waals surface area contributed by atoms with Crippen molar-refractivity contribution in [1.82, 2.24) is 9.73 Å². The number of hydrogen-bond donors (Lipinski definition) is 1. The molecule has 1 fully saturated rings. The summed E-state index contributed by atoms with van der Waals surface area (Å²) >= 11 is 5.77. The summed E-state index contributed by atoms with van der Waals surface area (Å²) in [7, 11) is -3.71. The zero-order valence-corrected chi connectivity index (χ0v) is 17.7. The van der Waals surface area contributed by atoms with Crippen LogP contribution >= 0.6 is 11.6 Å². The molecular formula is C19H18ClN4O6S-. The quantitative estimate of drug-likeness (QED) is 0.393. The first-order valence-electron chi connectivity index (χ1n) is 9.29. The number of carbonyl (C=O) groups is 1. The summed E-state index contributed by atoms with van der Waals surface area (Å²) in [6.45, 7) is 0.874. The van der Waals surface area contributed by atoms with E-state index in [0.29, 0.717) is 13.1 Å². The maximum atomic E-state index is 12.8. The highest BCUT2D eigenvalue weighted by atomic mass is 35.5. The monoisotopic (exact) mass is 465 g/mol. The molecule has 0 atom stereocenters. The van der Waals surface area contributed by atoms with E-state index in [9.17, 15) is 28.4 Å². The zero-order valence-electron chi connectivity index (χ0n) is 16.2. The minimum Gasteiger partial charge on any atom is -0.867 e. The smallest absolute Gasteiger partial charge is 0.271 e. The molecular weight excluding hydrogens is 448 g/mol. The Labute approximate surface area is 183 Å². The van der Waals surface area contributed by atoms with Gasteiger partial charge < -0.3 is 5.11 Å². The van der Waals surface area contributed by atoms with Gasteiger partial charge in [-0.1, -0.05) is 24.1 Å². The highest BCUT2D eigenvalue weighted by molar-refractivity contribution is 7.89. The van der Waals surface area contributed by atoms with Crippen molar-refractivity contribution in [2.45, 2.75) is 24.2 Å². The van der Waals surface area contributed by atoms with Crippen molar-refractivity contribution in [3.8, 4) is 5.75 Å². The number of benzene rings is 2. The van der Waals surface area contributed by atoms with Crippen LogP contribution in [0.25, 0.3) is 0 Å². The minimum atomic E-state index is -3.71. The molecule has 1 aliphatic heterocycles. The minimum absolute atomic E-state index is 0.00154. The van der Waals surface area contributed by atoms with Crippen molar-refractivity contribution in [3.63, 3.8) is 0 Å². The largest absolute Gasteiger partial charge is 0.867 e. The van der Waals surface area contributed by atoms with Crippen LogP contribution in [-0.2, 0) is 10.0 Å². The number of hydrazone groups is 1. The van der Waals surface area contributed by atoms with Gasteiger partial charge in [0.25, 0.3) is 11.6 Å². The number of halogens is 1. The van der Waals surface area contributed by atoms with Gasteiger partial charge >= 0.3 is 0 Å². The SMILES string of the molecule is O=C(N/N=C\c1cc(Cl)cc([N+](=O)[O-])c1[O-])c1cccc(S(=O)(=O)N2CCCCC2)c1. The van der Waals surface area contributed by atoms with E-state index in [4.69, 9.17) is 11.6 Å². The van der Waals surface area contributed by atoms with E-state index >= 15 is 0 Å². The second kappa shape index (κ2) is 9.41. The van der Waals surface area contributed by atoms with Gasteiger partial charge in [0, 0.05) is 29.7 Å². The van der Waals surface area contributed by atoms with Crippen LogP contribution < -0.4 is 10.5 Å². The molecule has 1 aliphatic rings. The molecule has 0 aromatic heterocycles. The molecule has 2 aromatic rings. The van der Waals surface area contributed by atoms with Crippen LogP contribution in [-0.4, -0.2) is 42.9 Å². The normalized spacial score (nSPS) is 15.1. The van der Waals surface area contributed by atoms with Gasteiger partial charge in [0.1, 0.15) is 0 Å². The fourth-order valence-electron chi connectivity index (χ4n) is 3.11. The van der Waals surface area contributed by atoms with E-state index in [-0.39, 0.29) is 21.0 Å². The summed E-state index contributed by atoms with van der Waals surface area (Å²) < 4.78 is 27.0. The van der Waals surface area contributed by atoms with Crippen LogP contribution in [0.2, 0.25) is 5.02 Å². The molecule has 1 heterocycles. The third-order valence-corrected chi connectivity index (χ3v) is 6.79. The summed E-state index contributed by atoms with van der Waals surface area (Å²) in [6, 6.07) is 7.64. The molecule has 0 aliphatic carbocycles. The molecule has 1 amide bonds. The van der Waals surface area contributed by atoms with E-state index in [0.717, 1.165) is 31.5 Å². The van der Waals surface area contributed by atoms with Crippen molar-refractivity contribution < 1.29 is 23.2 Å². The lowest BCUT2D eigenvalue weighted by molar-refractivity contribution is -0.398. The Morgan fingerprint density at radius 2 is 1.90 bits per heavy atom. The molecule has 0 radical (unpaired) electrons.